The zero-order chi connectivity index (χ0) is 17.8. The largest absolute Gasteiger partial charge is 0.350 e. The number of nitrogens with one attached hydrogen (secondary N) is 1. The lowest BCUT2D eigenvalue weighted by Gasteiger charge is -2.41. The Bertz CT molecular complexity index is 566. The van der Waals surface area contributed by atoms with Crippen LogP contribution < -0.4 is 5.32 Å². The number of hydrogen-bond donors (Lipinski definition) is 1. The molecule has 0 aliphatic carbocycles. The first-order valence-electron chi connectivity index (χ1n) is 9.67. The quantitative estimate of drug-likeness (QED) is 0.873. The molecule has 0 saturated carbocycles. The van der Waals surface area contributed by atoms with Crippen LogP contribution >= 0.6 is 11.3 Å². The third-order valence-corrected chi connectivity index (χ3v) is 6.73. The lowest BCUT2D eigenvalue weighted by molar-refractivity contribution is -0.127. The van der Waals surface area contributed by atoms with Crippen molar-refractivity contribution in [2.45, 2.75) is 58.0 Å². The van der Waals surface area contributed by atoms with Crippen LogP contribution in [0.2, 0.25) is 0 Å². The molecule has 25 heavy (non-hydrogen) atoms. The monoisotopic (exact) mass is 364 g/mol. The number of carbonyl (C=O) groups is 1. The van der Waals surface area contributed by atoms with E-state index in [0.29, 0.717) is 18.5 Å². The second kappa shape index (κ2) is 8.60. The van der Waals surface area contributed by atoms with Gasteiger partial charge >= 0.3 is 0 Å². The van der Waals surface area contributed by atoms with Crippen LogP contribution in [0.25, 0.3) is 0 Å². The van der Waals surface area contributed by atoms with Gasteiger partial charge in [0.25, 0.3) is 0 Å². The van der Waals surface area contributed by atoms with Crippen LogP contribution in [-0.4, -0.2) is 60.0 Å². The Morgan fingerprint density at radius 2 is 2.08 bits per heavy atom. The van der Waals surface area contributed by atoms with Crippen molar-refractivity contribution in [3.63, 3.8) is 0 Å². The van der Waals surface area contributed by atoms with Crippen molar-refractivity contribution in [2.75, 3.05) is 33.2 Å². The van der Waals surface area contributed by atoms with Crippen LogP contribution in [0, 0.1) is 5.92 Å². The summed E-state index contributed by atoms with van der Waals surface area (Å²) in [6.45, 7) is 9.31. The average molecular weight is 365 g/mol. The van der Waals surface area contributed by atoms with E-state index in [9.17, 15) is 4.79 Å². The van der Waals surface area contributed by atoms with E-state index in [1.807, 2.05) is 0 Å². The van der Waals surface area contributed by atoms with E-state index < -0.39 is 0 Å². The molecule has 5 nitrogen and oxygen atoms in total. The van der Waals surface area contributed by atoms with Crippen molar-refractivity contribution >= 4 is 17.2 Å². The summed E-state index contributed by atoms with van der Waals surface area (Å²) in [5, 5.41) is 6.34. The SMILES string of the molecule is CC(C)c1nc(CNC(=O)C2CCCN(C3CCN(C)CC3)C2)cs1. The highest BCUT2D eigenvalue weighted by Crippen LogP contribution is 2.24. The predicted molar refractivity (Wildman–Crippen MR) is 103 cm³/mol. The fourth-order valence-electron chi connectivity index (χ4n) is 3.90. The Labute approximate surface area is 155 Å². The van der Waals surface area contributed by atoms with Crippen LogP contribution in [-0.2, 0) is 11.3 Å². The van der Waals surface area contributed by atoms with Crippen LogP contribution in [0.4, 0.5) is 0 Å². The van der Waals surface area contributed by atoms with E-state index in [4.69, 9.17) is 0 Å². The molecule has 1 atom stereocenters. The molecule has 1 aromatic rings. The highest BCUT2D eigenvalue weighted by molar-refractivity contribution is 7.09. The number of nitrogens with zero attached hydrogens (tertiary/aromatic N) is 3. The second-order valence-corrected chi connectivity index (χ2v) is 8.81. The van der Waals surface area contributed by atoms with E-state index in [2.05, 4.69) is 46.4 Å². The zero-order valence-corrected chi connectivity index (χ0v) is 16.6. The molecule has 1 aromatic heterocycles. The summed E-state index contributed by atoms with van der Waals surface area (Å²) >= 11 is 1.69. The Morgan fingerprint density at radius 1 is 1.32 bits per heavy atom. The van der Waals surface area contributed by atoms with Crippen LogP contribution in [0.15, 0.2) is 5.38 Å². The third-order valence-electron chi connectivity index (χ3n) is 5.54. The molecule has 3 heterocycles. The number of piperidine rings is 2. The molecule has 2 aliphatic rings. The summed E-state index contributed by atoms with van der Waals surface area (Å²) < 4.78 is 0. The average Bonchev–Trinajstić information content (AvgIpc) is 3.10. The minimum atomic E-state index is 0.136. The first-order chi connectivity index (χ1) is 12.0. The Morgan fingerprint density at radius 3 is 2.76 bits per heavy atom. The van der Waals surface area contributed by atoms with Gasteiger partial charge in [-0.05, 0) is 52.4 Å². The van der Waals surface area contributed by atoms with Gasteiger partial charge in [-0.3, -0.25) is 9.69 Å². The van der Waals surface area contributed by atoms with Crippen molar-refractivity contribution in [2.24, 2.45) is 5.92 Å². The molecule has 2 aliphatic heterocycles. The fraction of sp³-hybridized carbons (Fsp3) is 0.789. The molecule has 1 amide bonds. The lowest BCUT2D eigenvalue weighted by Crippen LogP contribution is -2.50. The summed E-state index contributed by atoms with van der Waals surface area (Å²) in [7, 11) is 2.20. The Hall–Kier alpha value is -0.980. The van der Waals surface area contributed by atoms with E-state index in [1.165, 1.54) is 25.9 Å². The molecular weight excluding hydrogens is 332 g/mol. The molecule has 0 bridgehead atoms. The second-order valence-electron chi connectivity index (χ2n) is 7.92. The van der Waals surface area contributed by atoms with E-state index in [-0.39, 0.29) is 11.8 Å². The molecule has 3 rings (SSSR count). The van der Waals surface area contributed by atoms with Crippen molar-refractivity contribution < 1.29 is 4.79 Å². The van der Waals surface area contributed by atoms with Crippen molar-refractivity contribution in [3.05, 3.63) is 16.1 Å². The molecule has 1 N–H and O–H groups in total. The fourth-order valence-corrected chi connectivity index (χ4v) is 4.74. The molecule has 2 fully saturated rings. The first-order valence-corrected chi connectivity index (χ1v) is 10.6. The van der Waals surface area contributed by atoms with Gasteiger partial charge in [0.1, 0.15) is 0 Å². The third kappa shape index (κ3) is 5.02. The summed E-state index contributed by atoms with van der Waals surface area (Å²) in [5.41, 5.74) is 0.991. The first kappa shape index (κ1) is 18.8. The standard InChI is InChI=1S/C19H32N4OS/c1-14(2)19-21-16(13-25-19)11-20-18(24)15-5-4-8-23(12-15)17-6-9-22(3)10-7-17/h13-15,17H,4-12H2,1-3H3,(H,20,24). The summed E-state index contributed by atoms with van der Waals surface area (Å²) in [6, 6.07) is 0.666. The summed E-state index contributed by atoms with van der Waals surface area (Å²) in [5.74, 6) is 0.796. The van der Waals surface area contributed by atoms with Crippen molar-refractivity contribution in [1.29, 1.82) is 0 Å². The Balaban J connectivity index is 1.48. The number of carbonyl (C=O) groups excluding carboxylic acids is 1. The van der Waals surface area contributed by atoms with Gasteiger partial charge in [0.05, 0.1) is 23.2 Å². The molecule has 2 saturated heterocycles. The van der Waals surface area contributed by atoms with Gasteiger partial charge in [-0.15, -0.1) is 11.3 Å². The van der Waals surface area contributed by atoms with Gasteiger partial charge in [-0.1, -0.05) is 13.8 Å². The number of amides is 1. The number of hydrogen-bond acceptors (Lipinski definition) is 5. The summed E-state index contributed by atoms with van der Waals surface area (Å²) in [6.07, 6.45) is 4.63. The minimum absolute atomic E-state index is 0.136. The van der Waals surface area contributed by atoms with Crippen LogP contribution in [0.1, 0.15) is 56.2 Å². The van der Waals surface area contributed by atoms with Crippen LogP contribution in [0.3, 0.4) is 0 Å². The van der Waals surface area contributed by atoms with Crippen molar-refractivity contribution in [1.82, 2.24) is 20.1 Å². The molecule has 1 unspecified atom stereocenters. The van der Waals surface area contributed by atoms with E-state index >= 15 is 0 Å². The van der Waals surface area contributed by atoms with Gasteiger partial charge < -0.3 is 10.2 Å². The highest BCUT2D eigenvalue weighted by Gasteiger charge is 2.31. The maximum Gasteiger partial charge on any atom is 0.224 e. The van der Waals surface area contributed by atoms with Crippen molar-refractivity contribution in [3.8, 4) is 0 Å². The molecule has 0 aromatic carbocycles. The molecular formula is C19H32N4OS. The Kier molecular flexibility index (Phi) is 6.47. The van der Waals surface area contributed by atoms with Gasteiger partial charge in [-0.25, -0.2) is 4.98 Å². The molecule has 6 heteroatoms. The van der Waals surface area contributed by atoms with Gasteiger partial charge in [-0.2, -0.15) is 0 Å². The van der Waals surface area contributed by atoms with Gasteiger partial charge in [0, 0.05) is 23.9 Å². The van der Waals surface area contributed by atoms with Crippen LogP contribution in [0.5, 0.6) is 0 Å². The highest BCUT2D eigenvalue weighted by atomic mass is 32.1. The smallest absolute Gasteiger partial charge is 0.224 e. The number of likely N-dealkylation sites (tertiary alicyclic amines) is 2. The van der Waals surface area contributed by atoms with E-state index in [0.717, 1.165) is 36.6 Å². The molecule has 0 radical (unpaired) electrons. The number of thiazole rings is 1. The zero-order valence-electron chi connectivity index (χ0n) is 15.8. The predicted octanol–water partition coefficient (Wildman–Crippen LogP) is 2.69. The van der Waals surface area contributed by atoms with Gasteiger partial charge in [0.15, 0.2) is 0 Å². The lowest BCUT2D eigenvalue weighted by atomic mass is 9.93. The summed E-state index contributed by atoms with van der Waals surface area (Å²) in [4.78, 5) is 22.2. The van der Waals surface area contributed by atoms with E-state index in [1.54, 1.807) is 11.3 Å². The normalized spacial score (nSPS) is 23.9. The van der Waals surface area contributed by atoms with Gasteiger partial charge in [0.2, 0.25) is 5.91 Å². The topological polar surface area (TPSA) is 48.5 Å². The minimum Gasteiger partial charge on any atom is -0.350 e. The molecule has 0 spiro atoms. The number of aromatic nitrogens is 1. The molecule has 140 valence electrons. The number of rotatable bonds is 5. The maximum absolute atomic E-state index is 12.6. The maximum atomic E-state index is 12.6.